The van der Waals surface area contributed by atoms with Gasteiger partial charge in [-0.05, 0) is 53.7 Å². The summed E-state index contributed by atoms with van der Waals surface area (Å²) in [5.74, 6) is 1.25. The molecule has 1 N–H and O–H groups in total. The van der Waals surface area contributed by atoms with Crippen LogP contribution in [0.3, 0.4) is 0 Å². The highest BCUT2D eigenvalue weighted by molar-refractivity contribution is 7.07. The maximum atomic E-state index is 12.3. The molecule has 27 heavy (non-hydrogen) atoms. The molecule has 1 atom stereocenters. The highest BCUT2D eigenvalue weighted by Crippen LogP contribution is 2.25. The number of hydrogen-bond donors (Lipinski definition) is 1. The van der Waals surface area contributed by atoms with Crippen molar-refractivity contribution in [2.75, 3.05) is 33.9 Å². The minimum atomic E-state index is -0.125. The van der Waals surface area contributed by atoms with Crippen molar-refractivity contribution < 1.29 is 14.3 Å². The zero-order valence-corrected chi connectivity index (χ0v) is 17.2. The average molecular weight is 389 g/mol. The molecule has 0 spiro atoms. The third kappa shape index (κ3) is 5.84. The molecule has 0 saturated heterocycles. The SMILES string of the molecule is CCN(CC)[C@H](CNC(=O)/C=C/c1ccc(OC)cc1OC)c1ccsc1. The van der Waals surface area contributed by atoms with Crippen LogP contribution in [0.1, 0.15) is 31.0 Å². The van der Waals surface area contributed by atoms with Crippen LogP contribution in [-0.2, 0) is 4.79 Å². The first-order valence-corrected chi connectivity index (χ1v) is 10.0. The van der Waals surface area contributed by atoms with Gasteiger partial charge in [-0.1, -0.05) is 13.8 Å². The van der Waals surface area contributed by atoms with E-state index in [-0.39, 0.29) is 11.9 Å². The van der Waals surface area contributed by atoms with Crippen LogP contribution < -0.4 is 14.8 Å². The van der Waals surface area contributed by atoms with Crippen molar-refractivity contribution in [3.05, 3.63) is 52.2 Å². The lowest BCUT2D eigenvalue weighted by atomic mass is 10.1. The third-order valence-electron chi connectivity index (χ3n) is 4.51. The van der Waals surface area contributed by atoms with Gasteiger partial charge >= 0.3 is 0 Å². The van der Waals surface area contributed by atoms with Gasteiger partial charge in [-0.3, -0.25) is 9.69 Å². The van der Waals surface area contributed by atoms with Crippen LogP contribution in [0.25, 0.3) is 6.08 Å². The van der Waals surface area contributed by atoms with E-state index in [2.05, 4.69) is 40.9 Å². The fourth-order valence-corrected chi connectivity index (χ4v) is 3.67. The molecule has 0 bridgehead atoms. The first-order chi connectivity index (χ1) is 13.1. The number of thiophene rings is 1. The minimum absolute atomic E-state index is 0.125. The Morgan fingerprint density at radius 1 is 1.22 bits per heavy atom. The summed E-state index contributed by atoms with van der Waals surface area (Å²) < 4.78 is 10.6. The molecule has 1 amide bonds. The molecule has 0 aliphatic rings. The van der Waals surface area contributed by atoms with Gasteiger partial charge in [0.1, 0.15) is 11.5 Å². The summed E-state index contributed by atoms with van der Waals surface area (Å²) in [6.45, 7) is 6.72. The number of carbonyl (C=O) groups excluding carboxylic acids is 1. The Bertz CT molecular complexity index is 740. The Morgan fingerprint density at radius 2 is 2.00 bits per heavy atom. The van der Waals surface area contributed by atoms with Crippen LogP contribution >= 0.6 is 11.3 Å². The van der Waals surface area contributed by atoms with Crippen LogP contribution in [0, 0.1) is 0 Å². The van der Waals surface area contributed by atoms with Gasteiger partial charge in [0.15, 0.2) is 0 Å². The van der Waals surface area contributed by atoms with E-state index in [1.165, 1.54) is 11.6 Å². The predicted molar refractivity (Wildman–Crippen MR) is 112 cm³/mol. The van der Waals surface area contributed by atoms with Gasteiger partial charge in [-0.2, -0.15) is 11.3 Å². The number of carbonyl (C=O) groups is 1. The van der Waals surface area contributed by atoms with E-state index in [9.17, 15) is 4.79 Å². The van der Waals surface area contributed by atoms with E-state index in [4.69, 9.17) is 9.47 Å². The summed E-state index contributed by atoms with van der Waals surface area (Å²) in [6, 6.07) is 7.81. The Labute approximate surface area is 165 Å². The molecule has 0 saturated carbocycles. The normalized spacial score (nSPS) is 12.3. The number of ether oxygens (including phenoxy) is 2. The summed E-state index contributed by atoms with van der Waals surface area (Å²) in [5, 5.41) is 7.24. The summed E-state index contributed by atoms with van der Waals surface area (Å²) >= 11 is 1.68. The number of amides is 1. The Kier molecular flexibility index (Phi) is 8.36. The maximum absolute atomic E-state index is 12.3. The zero-order valence-electron chi connectivity index (χ0n) is 16.4. The van der Waals surface area contributed by atoms with E-state index in [0.717, 1.165) is 18.7 Å². The molecule has 146 valence electrons. The topological polar surface area (TPSA) is 50.8 Å². The lowest BCUT2D eigenvalue weighted by molar-refractivity contribution is -0.116. The van der Waals surface area contributed by atoms with Crippen molar-refractivity contribution in [2.24, 2.45) is 0 Å². The van der Waals surface area contributed by atoms with Crippen molar-refractivity contribution in [3.63, 3.8) is 0 Å². The number of methoxy groups -OCH3 is 2. The first-order valence-electron chi connectivity index (χ1n) is 9.07. The number of likely N-dealkylation sites (N-methyl/N-ethyl adjacent to an activating group) is 1. The second-order valence-corrected chi connectivity index (χ2v) is 6.76. The number of nitrogens with zero attached hydrogens (tertiary/aromatic N) is 1. The molecule has 1 aromatic carbocycles. The minimum Gasteiger partial charge on any atom is -0.497 e. The molecule has 0 unspecified atom stereocenters. The zero-order chi connectivity index (χ0) is 19.6. The van der Waals surface area contributed by atoms with Gasteiger partial charge < -0.3 is 14.8 Å². The smallest absolute Gasteiger partial charge is 0.244 e. The quantitative estimate of drug-likeness (QED) is 0.626. The van der Waals surface area contributed by atoms with E-state index in [1.54, 1.807) is 37.7 Å². The standard InChI is InChI=1S/C21H28N2O3S/c1-5-23(6-2)19(17-11-12-27-15-17)14-22-21(24)10-8-16-7-9-18(25-3)13-20(16)26-4/h7-13,15,19H,5-6,14H2,1-4H3,(H,22,24)/b10-8+/t19-/m1/s1. The summed E-state index contributed by atoms with van der Waals surface area (Å²) in [7, 11) is 3.21. The summed E-state index contributed by atoms with van der Waals surface area (Å²) in [5.41, 5.74) is 2.07. The Hall–Kier alpha value is -2.31. The molecule has 0 radical (unpaired) electrons. The van der Waals surface area contributed by atoms with Crippen molar-refractivity contribution in [1.29, 1.82) is 0 Å². The van der Waals surface area contributed by atoms with Gasteiger partial charge in [-0.25, -0.2) is 0 Å². The van der Waals surface area contributed by atoms with Crippen molar-refractivity contribution in [1.82, 2.24) is 10.2 Å². The fraction of sp³-hybridized carbons (Fsp3) is 0.381. The number of hydrogen-bond acceptors (Lipinski definition) is 5. The van der Waals surface area contributed by atoms with Gasteiger partial charge in [0.2, 0.25) is 5.91 Å². The molecule has 1 aromatic heterocycles. The highest BCUT2D eigenvalue weighted by atomic mass is 32.1. The molecule has 2 rings (SSSR count). The number of nitrogens with one attached hydrogen (secondary N) is 1. The van der Waals surface area contributed by atoms with Gasteiger partial charge in [0.25, 0.3) is 0 Å². The van der Waals surface area contributed by atoms with Gasteiger partial charge in [0, 0.05) is 24.3 Å². The molecule has 2 aromatic rings. The Balaban J connectivity index is 2.03. The van der Waals surface area contributed by atoms with E-state index >= 15 is 0 Å². The van der Waals surface area contributed by atoms with Crippen LogP contribution in [0.2, 0.25) is 0 Å². The van der Waals surface area contributed by atoms with E-state index in [1.807, 2.05) is 12.1 Å². The highest BCUT2D eigenvalue weighted by Gasteiger charge is 2.18. The second-order valence-electron chi connectivity index (χ2n) is 5.98. The monoisotopic (exact) mass is 388 g/mol. The van der Waals surface area contributed by atoms with Crippen molar-refractivity contribution in [3.8, 4) is 11.5 Å². The summed E-state index contributed by atoms with van der Waals surface area (Å²) in [4.78, 5) is 14.7. The van der Waals surface area contributed by atoms with Gasteiger partial charge in [0.05, 0.1) is 20.3 Å². The van der Waals surface area contributed by atoms with Crippen LogP contribution in [0.4, 0.5) is 0 Å². The van der Waals surface area contributed by atoms with Crippen LogP contribution in [-0.4, -0.2) is 44.7 Å². The van der Waals surface area contributed by atoms with E-state index in [0.29, 0.717) is 18.0 Å². The molecular formula is C21H28N2O3S. The van der Waals surface area contributed by atoms with Crippen LogP contribution in [0.5, 0.6) is 11.5 Å². The molecule has 5 nitrogen and oxygen atoms in total. The van der Waals surface area contributed by atoms with Gasteiger partial charge in [-0.15, -0.1) is 0 Å². The number of benzene rings is 1. The van der Waals surface area contributed by atoms with Crippen LogP contribution in [0.15, 0.2) is 41.1 Å². The van der Waals surface area contributed by atoms with Crippen molar-refractivity contribution in [2.45, 2.75) is 19.9 Å². The maximum Gasteiger partial charge on any atom is 0.244 e. The predicted octanol–water partition coefficient (Wildman–Crippen LogP) is 3.98. The second kappa shape index (κ2) is 10.7. The average Bonchev–Trinajstić information content (AvgIpc) is 3.23. The molecular weight excluding hydrogens is 360 g/mol. The first kappa shape index (κ1) is 21.0. The molecule has 0 fully saturated rings. The third-order valence-corrected chi connectivity index (χ3v) is 5.21. The molecule has 1 heterocycles. The van der Waals surface area contributed by atoms with Crippen molar-refractivity contribution >= 4 is 23.3 Å². The summed E-state index contributed by atoms with van der Waals surface area (Å²) in [6.07, 6.45) is 3.29. The molecule has 0 aliphatic carbocycles. The number of rotatable bonds is 10. The Morgan fingerprint density at radius 3 is 2.59 bits per heavy atom. The lowest BCUT2D eigenvalue weighted by Gasteiger charge is -2.29. The van der Waals surface area contributed by atoms with E-state index < -0.39 is 0 Å². The fourth-order valence-electron chi connectivity index (χ4n) is 2.96. The lowest BCUT2D eigenvalue weighted by Crippen LogP contribution is -2.37. The largest absolute Gasteiger partial charge is 0.497 e. The molecule has 0 aliphatic heterocycles. The molecule has 6 heteroatoms.